The van der Waals surface area contributed by atoms with Gasteiger partial charge >= 0.3 is 6.03 Å². The first-order valence-electron chi connectivity index (χ1n) is 8.44. The summed E-state index contributed by atoms with van der Waals surface area (Å²) in [7, 11) is 0. The van der Waals surface area contributed by atoms with Crippen LogP contribution in [0.2, 0.25) is 0 Å². The lowest BCUT2D eigenvalue weighted by atomic mass is 10.1. The second-order valence-electron chi connectivity index (χ2n) is 5.87. The van der Waals surface area contributed by atoms with Crippen molar-refractivity contribution < 1.29 is 9.59 Å². The summed E-state index contributed by atoms with van der Waals surface area (Å²) in [6.07, 6.45) is 9.50. The molecule has 2 heterocycles. The monoisotopic (exact) mass is 318 g/mol. The SMILES string of the molecule is O=C(CCNC(=O)N1CCCCCCC1)NCc1ccncc1. The van der Waals surface area contributed by atoms with Gasteiger partial charge in [0.05, 0.1) is 0 Å². The van der Waals surface area contributed by atoms with Crippen LogP contribution in [0.5, 0.6) is 0 Å². The lowest BCUT2D eigenvalue weighted by Gasteiger charge is -2.25. The fourth-order valence-electron chi connectivity index (χ4n) is 2.63. The summed E-state index contributed by atoms with van der Waals surface area (Å²) in [4.78, 5) is 29.7. The van der Waals surface area contributed by atoms with Gasteiger partial charge in [0.15, 0.2) is 0 Å². The predicted molar refractivity (Wildman–Crippen MR) is 88.8 cm³/mol. The molecule has 126 valence electrons. The third kappa shape index (κ3) is 6.67. The van der Waals surface area contributed by atoms with Gasteiger partial charge in [-0.05, 0) is 30.5 Å². The summed E-state index contributed by atoms with van der Waals surface area (Å²) in [6.45, 7) is 2.50. The minimum absolute atomic E-state index is 0.0474. The van der Waals surface area contributed by atoms with Gasteiger partial charge in [-0.3, -0.25) is 9.78 Å². The number of rotatable bonds is 5. The molecule has 0 atom stereocenters. The van der Waals surface area contributed by atoms with Crippen LogP contribution < -0.4 is 10.6 Å². The lowest BCUT2D eigenvalue weighted by Crippen LogP contribution is -2.42. The highest BCUT2D eigenvalue weighted by Gasteiger charge is 2.14. The molecule has 0 unspecified atom stereocenters. The molecule has 6 heteroatoms. The number of pyridine rings is 1. The van der Waals surface area contributed by atoms with Crippen molar-refractivity contribution >= 4 is 11.9 Å². The summed E-state index contributed by atoms with van der Waals surface area (Å²) in [5, 5.41) is 5.68. The number of amides is 3. The molecule has 2 rings (SSSR count). The van der Waals surface area contributed by atoms with Crippen LogP contribution in [0, 0.1) is 0 Å². The largest absolute Gasteiger partial charge is 0.352 e. The second kappa shape index (κ2) is 9.82. The number of hydrogen-bond acceptors (Lipinski definition) is 3. The maximum absolute atomic E-state index is 12.1. The zero-order valence-electron chi connectivity index (χ0n) is 13.6. The highest BCUT2D eigenvalue weighted by molar-refractivity contribution is 5.78. The van der Waals surface area contributed by atoms with Crippen LogP contribution in [0.1, 0.15) is 44.1 Å². The standard InChI is InChI=1S/C17H26N4O2/c22-16(20-14-15-6-9-18-10-7-15)8-11-19-17(23)21-12-4-2-1-3-5-13-21/h6-7,9-10H,1-5,8,11-14H2,(H,19,23)(H,20,22). The van der Waals surface area contributed by atoms with Crippen molar-refractivity contribution in [3.8, 4) is 0 Å². The van der Waals surface area contributed by atoms with Crippen LogP contribution in [0.4, 0.5) is 4.79 Å². The Balaban J connectivity index is 1.61. The molecule has 23 heavy (non-hydrogen) atoms. The number of aromatic nitrogens is 1. The number of nitrogens with zero attached hydrogens (tertiary/aromatic N) is 2. The van der Waals surface area contributed by atoms with Crippen LogP contribution in [-0.4, -0.2) is 41.5 Å². The first-order valence-corrected chi connectivity index (χ1v) is 8.44. The fourth-order valence-corrected chi connectivity index (χ4v) is 2.63. The van der Waals surface area contributed by atoms with E-state index in [1.165, 1.54) is 19.3 Å². The summed E-state index contributed by atoms with van der Waals surface area (Å²) >= 11 is 0. The molecule has 1 aliphatic rings. The van der Waals surface area contributed by atoms with Crippen LogP contribution in [-0.2, 0) is 11.3 Å². The van der Waals surface area contributed by atoms with Crippen LogP contribution in [0.15, 0.2) is 24.5 Å². The molecule has 1 aromatic rings. The summed E-state index contributed by atoms with van der Waals surface area (Å²) < 4.78 is 0. The summed E-state index contributed by atoms with van der Waals surface area (Å²) in [5.74, 6) is -0.0604. The molecule has 0 radical (unpaired) electrons. The molecule has 0 aliphatic carbocycles. The third-order valence-electron chi connectivity index (χ3n) is 4.01. The van der Waals surface area contributed by atoms with Crippen molar-refractivity contribution in [2.45, 2.75) is 45.1 Å². The van der Waals surface area contributed by atoms with E-state index < -0.39 is 0 Å². The Labute approximate surface area is 137 Å². The number of urea groups is 1. The molecule has 3 amide bonds. The highest BCUT2D eigenvalue weighted by atomic mass is 16.2. The van der Waals surface area contributed by atoms with Crippen molar-refractivity contribution in [2.75, 3.05) is 19.6 Å². The van der Waals surface area contributed by atoms with Crippen molar-refractivity contribution in [3.63, 3.8) is 0 Å². The van der Waals surface area contributed by atoms with Gasteiger partial charge in [-0.15, -0.1) is 0 Å². The Hall–Kier alpha value is -2.11. The molecule has 0 saturated carbocycles. The highest BCUT2D eigenvalue weighted by Crippen LogP contribution is 2.10. The Bertz CT molecular complexity index is 485. The Morgan fingerprint density at radius 3 is 2.35 bits per heavy atom. The van der Waals surface area contributed by atoms with E-state index in [2.05, 4.69) is 15.6 Å². The summed E-state index contributed by atoms with van der Waals surface area (Å²) in [6, 6.07) is 3.68. The van der Waals surface area contributed by atoms with Crippen molar-refractivity contribution in [3.05, 3.63) is 30.1 Å². The molecule has 2 N–H and O–H groups in total. The van der Waals surface area contributed by atoms with E-state index in [4.69, 9.17) is 0 Å². The lowest BCUT2D eigenvalue weighted by molar-refractivity contribution is -0.121. The van der Waals surface area contributed by atoms with Gasteiger partial charge in [0.1, 0.15) is 0 Å². The first kappa shape index (κ1) is 17.2. The van der Waals surface area contributed by atoms with Gasteiger partial charge in [-0.25, -0.2) is 4.79 Å². The number of carbonyl (C=O) groups excluding carboxylic acids is 2. The zero-order valence-corrected chi connectivity index (χ0v) is 13.6. The molecule has 6 nitrogen and oxygen atoms in total. The normalized spacial score (nSPS) is 15.4. The van der Waals surface area contributed by atoms with E-state index in [0.717, 1.165) is 31.5 Å². The van der Waals surface area contributed by atoms with Crippen LogP contribution in [0.3, 0.4) is 0 Å². The van der Waals surface area contributed by atoms with Crippen LogP contribution >= 0.6 is 0 Å². The van der Waals surface area contributed by atoms with E-state index >= 15 is 0 Å². The second-order valence-corrected chi connectivity index (χ2v) is 5.87. The first-order chi connectivity index (χ1) is 11.3. The smallest absolute Gasteiger partial charge is 0.317 e. The molecule has 1 aromatic heterocycles. The molecule has 0 aromatic carbocycles. The van der Waals surface area contributed by atoms with E-state index in [-0.39, 0.29) is 11.9 Å². The minimum atomic E-state index is -0.0604. The van der Waals surface area contributed by atoms with Gasteiger partial charge < -0.3 is 15.5 Å². The van der Waals surface area contributed by atoms with Crippen molar-refractivity contribution in [1.82, 2.24) is 20.5 Å². The maximum atomic E-state index is 12.1. The Kier molecular flexibility index (Phi) is 7.36. The minimum Gasteiger partial charge on any atom is -0.352 e. The molecule has 1 saturated heterocycles. The van der Waals surface area contributed by atoms with Gasteiger partial charge in [0, 0.05) is 45.0 Å². The number of likely N-dealkylation sites (tertiary alicyclic amines) is 1. The van der Waals surface area contributed by atoms with Gasteiger partial charge in [0.2, 0.25) is 5.91 Å². The zero-order chi connectivity index (χ0) is 16.3. The number of nitrogens with one attached hydrogen (secondary N) is 2. The van der Waals surface area contributed by atoms with E-state index in [0.29, 0.717) is 19.5 Å². The van der Waals surface area contributed by atoms with Gasteiger partial charge in [0.25, 0.3) is 0 Å². The Morgan fingerprint density at radius 1 is 1.00 bits per heavy atom. The molecule has 0 spiro atoms. The maximum Gasteiger partial charge on any atom is 0.317 e. The molecular weight excluding hydrogens is 292 g/mol. The van der Waals surface area contributed by atoms with Crippen LogP contribution in [0.25, 0.3) is 0 Å². The van der Waals surface area contributed by atoms with Gasteiger partial charge in [-0.1, -0.05) is 19.3 Å². The van der Waals surface area contributed by atoms with E-state index in [1.54, 1.807) is 12.4 Å². The van der Waals surface area contributed by atoms with Crippen molar-refractivity contribution in [1.29, 1.82) is 0 Å². The fraction of sp³-hybridized carbons (Fsp3) is 0.588. The van der Waals surface area contributed by atoms with Gasteiger partial charge in [-0.2, -0.15) is 0 Å². The van der Waals surface area contributed by atoms with E-state index in [1.807, 2.05) is 17.0 Å². The third-order valence-corrected chi connectivity index (χ3v) is 4.01. The topological polar surface area (TPSA) is 74.3 Å². The summed E-state index contributed by atoms with van der Waals surface area (Å²) in [5.41, 5.74) is 1.01. The average molecular weight is 318 g/mol. The van der Waals surface area contributed by atoms with Crippen molar-refractivity contribution in [2.24, 2.45) is 0 Å². The number of hydrogen-bond donors (Lipinski definition) is 2. The molecule has 1 aliphatic heterocycles. The molecule has 0 bridgehead atoms. The number of carbonyl (C=O) groups is 2. The predicted octanol–water partition coefficient (Wildman–Crippen LogP) is 2.06. The molecule has 1 fully saturated rings. The average Bonchev–Trinajstić information content (AvgIpc) is 2.53. The quantitative estimate of drug-likeness (QED) is 0.873. The van der Waals surface area contributed by atoms with E-state index in [9.17, 15) is 9.59 Å². The Morgan fingerprint density at radius 2 is 1.65 bits per heavy atom. The molecular formula is C17H26N4O2.